The van der Waals surface area contributed by atoms with Crippen molar-refractivity contribution in [3.8, 4) is 6.07 Å². The quantitative estimate of drug-likeness (QED) is 0.765. The van der Waals surface area contributed by atoms with E-state index >= 15 is 0 Å². The van der Waals surface area contributed by atoms with Gasteiger partial charge in [0.25, 0.3) is 0 Å². The Morgan fingerprint density at radius 3 is 2.48 bits per heavy atom. The number of nitriles is 1. The summed E-state index contributed by atoms with van der Waals surface area (Å²) in [5, 5.41) is 21.1. The van der Waals surface area contributed by atoms with Gasteiger partial charge in [0.15, 0.2) is 0 Å². The first-order chi connectivity index (χ1) is 10.0. The highest BCUT2D eigenvalue weighted by atomic mass is 16.4. The summed E-state index contributed by atoms with van der Waals surface area (Å²) in [5.41, 5.74) is -0.823. The Bertz CT molecular complexity index is 446. The van der Waals surface area contributed by atoms with Crippen molar-refractivity contribution in [2.45, 2.75) is 57.5 Å². The summed E-state index contributed by atoms with van der Waals surface area (Å²) in [6.07, 6.45) is 4.74. The third-order valence-electron chi connectivity index (χ3n) is 4.82. The number of hydrogen-bond acceptors (Lipinski definition) is 4. The second-order valence-corrected chi connectivity index (χ2v) is 6.15. The molecule has 2 N–H and O–H groups in total. The number of rotatable bonds is 6. The number of carboxylic acid groups (broad SMARTS) is 1. The molecule has 0 aliphatic heterocycles. The molecule has 0 spiro atoms. The molecule has 1 amide bonds. The highest BCUT2D eigenvalue weighted by Crippen LogP contribution is 2.38. The van der Waals surface area contributed by atoms with E-state index < -0.39 is 11.4 Å². The van der Waals surface area contributed by atoms with Crippen molar-refractivity contribution in [3.05, 3.63) is 0 Å². The number of hydrogen-bond donors (Lipinski definition) is 2. The van der Waals surface area contributed by atoms with Gasteiger partial charge in [-0.25, -0.2) is 0 Å². The number of nitrogens with zero attached hydrogens (tertiary/aromatic N) is 2. The molecule has 0 unspecified atom stereocenters. The standard InChI is InChI=1S/C15H23N3O3/c1-2-18(9-13(19)20)12-7-11(8-12)17-14(21)15(10-16)5-3-4-6-15/h11-12H,2-9H2,1H3,(H,17,21)(H,19,20). The number of aliphatic carboxylic acids is 1. The van der Waals surface area contributed by atoms with Gasteiger partial charge in [-0.3, -0.25) is 14.5 Å². The molecule has 2 fully saturated rings. The molecule has 0 saturated heterocycles. The molecule has 0 atom stereocenters. The van der Waals surface area contributed by atoms with E-state index in [9.17, 15) is 14.9 Å². The Balaban J connectivity index is 1.81. The fourth-order valence-corrected chi connectivity index (χ4v) is 3.37. The van der Waals surface area contributed by atoms with Crippen LogP contribution in [-0.2, 0) is 9.59 Å². The summed E-state index contributed by atoms with van der Waals surface area (Å²) < 4.78 is 0. The van der Waals surface area contributed by atoms with Crippen LogP contribution in [0.5, 0.6) is 0 Å². The number of carbonyl (C=O) groups is 2. The van der Waals surface area contributed by atoms with Crippen molar-refractivity contribution in [1.29, 1.82) is 5.26 Å². The van der Waals surface area contributed by atoms with Crippen LogP contribution in [0.25, 0.3) is 0 Å². The number of amides is 1. The minimum atomic E-state index is -0.823. The van der Waals surface area contributed by atoms with Crippen molar-refractivity contribution < 1.29 is 14.7 Å². The van der Waals surface area contributed by atoms with Crippen molar-refractivity contribution >= 4 is 11.9 Å². The summed E-state index contributed by atoms with van der Waals surface area (Å²) in [7, 11) is 0. The summed E-state index contributed by atoms with van der Waals surface area (Å²) in [6, 6.07) is 2.50. The van der Waals surface area contributed by atoms with E-state index in [-0.39, 0.29) is 24.5 Å². The molecule has 2 aliphatic rings. The van der Waals surface area contributed by atoms with Crippen LogP contribution in [-0.4, -0.2) is 47.1 Å². The number of carboxylic acids is 1. The smallest absolute Gasteiger partial charge is 0.317 e. The van der Waals surface area contributed by atoms with Gasteiger partial charge in [0.1, 0.15) is 5.41 Å². The van der Waals surface area contributed by atoms with Crippen LogP contribution in [0, 0.1) is 16.7 Å². The van der Waals surface area contributed by atoms with Crippen LogP contribution < -0.4 is 5.32 Å². The van der Waals surface area contributed by atoms with Crippen LogP contribution in [0.4, 0.5) is 0 Å². The largest absolute Gasteiger partial charge is 0.480 e. The van der Waals surface area contributed by atoms with Crippen LogP contribution in [0.15, 0.2) is 0 Å². The Morgan fingerprint density at radius 2 is 2.00 bits per heavy atom. The number of carbonyl (C=O) groups excluding carboxylic acids is 1. The summed E-state index contributed by atoms with van der Waals surface area (Å²) in [5.74, 6) is -0.953. The Morgan fingerprint density at radius 1 is 1.38 bits per heavy atom. The van der Waals surface area contributed by atoms with Gasteiger partial charge < -0.3 is 10.4 Å². The number of nitrogens with one attached hydrogen (secondary N) is 1. The molecule has 6 heteroatoms. The summed E-state index contributed by atoms with van der Waals surface area (Å²) >= 11 is 0. The average Bonchev–Trinajstić information content (AvgIpc) is 2.89. The highest BCUT2D eigenvalue weighted by molar-refractivity contribution is 5.86. The molecule has 21 heavy (non-hydrogen) atoms. The lowest BCUT2D eigenvalue weighted by molar-refractivity contribution is -0.140. The van der Waals surface area contributed by atoms with E-state index in [1.807, 2.05) is 11.8 Å². The first-order valence-corrected chi connectivity index (χ1v) is 7.69. The maximum Gasteiger partial charge on any atom is 0.317 e. The van der Waals surface area contributed by atoms with Gasteiger partial charge in [0, 0.05) is 12.1 Å². The predicted octanol–water partition coefficient (Wildman–Crippen LogP) is 1.12. The lowest BCUT2D eigenvalue weighted by Crippen LogP contribution is -2.56. The number of likely N-dealkylation sites (N-methyl/N-ethyl adjacent to an activating group) is 1. The molecule has 2 rings (SSSR count). The zero-order valence-electron chi connectivity index (χ0n) is 12.5. The molecular weight excluding hydrogens is 270 g/mol. The van der Waals surface area contributed by atoms with Crippen molar-refractivity contribution in [2.24, 2.45) is 5.41 Å². The minimum Gasteiger partial charge on any atom is -0.480 e. The normalized spacial score (nSPS) is 26.9. The van der Waals surface area contributed by atoms with Crippen molar-refractivity contribution in [1.82, 2.24) is 10.2 Å². The fraction of sp³-hybridized carbons (Fsp3) is 0.800. The monoisotopic (exact) mass is 293 g/mol. The van der Waals surface area contributed by atoms with Gasteiger partial charge in [0.05, 0.1) is 12.6 Å². The maximum absolute atomic E-state index is 12.3. The molecule has 0 aromatic heterocycles. The molecular formula is C15H23N3O3. The van der Waals surface area contributed by atoms with Crippen LogP contribution in [0.1, 0.15) is 45.4 Å². The fourth-order valence-electron chi connectivity index (χ4n) is 3.37. The molecule has 2 aliphatic carbocycles. The molecule has 0 aromatic rings. The van der Waals surface area contributed by atoms with Crippen LogP contribution >= 0.6 is 0 Å². The lowest BCUT2D eigenvalue weighted by atomic mass is 9.82. The lowest BCUT2D eigenvalue weighted by Gasteiger charge is -2.43. The highest BCUT2D eigenvalue weighted by Gasteiger charge is 2.44. The second kappa shape index (κ2) is 6.44. The van der Waals surface area contributed by atoms with Gasteiger partial charge >= 0.3 is 5.97 Å². The molecule has 0 bridgehead atoms. The molecule has 0 radical (unpaired) electrons. The van der Waals surface area contributed by atoms with Crippen molar-refractivity contribution in [2.75, 3.05) is 13.1 Å². The maximum atomic E-state index is 12.3. The van der Waals surface area contributed by atoms with E-state index in [0.29, 0.717) is 19.4 Å². The average molecular weight is 293 g/mol. The topological polar surface area (TPSA) is 93.4 Å². The summed E-state index contributed by atoms with van der Waals surface area (Å²) in [4.78, 5) is 25.0. The molecule has 0 heterocycles. The van der Waals surface area contributed by atoms with Gasteiger partial charge in [-0.1, -0.05) is 19.8 Å². The van der Waals surface area contributed by atoms with Crippen LogP contribution in [0.3, 0.4) is 0 Å². The first-order valence-electron chi connectivity index (χ1n) is 7.69. The van der Waals surface area contributed by atoms with Gasteiger partial charge in [-0.2, -0.15) is 5.26 Å². The molecule has 6 nitrogen and oxygen atoms in total. The SMILES string of the molecule is CCN(CC(=O)O)C1CC(NC(=O)C2(C#N)CCCC2)C1. The predicted molar refractivity (Wildman–Crippen MR) is 76.3 cm³/mol. The van der Waals surface area contributed by atoms with Crippen molar-refractivity contribution in [3.63, 3.8) is 0 Å². The molecule has 116 valence electrons. The Labute approximate surface area is 125 Å². The first kappa shape index (κ1) is 15.8. The molecule has 0 aromatic carbocycles. The Kier molecular flexibility index (Phi) is 4.84. The van der Waals surface area contributed by atoms with Gasteiger partial charge in [0.2, 0.25) is 5.91 Å². The Hall–Kier alpha value is -1.61. The third kappa shape index (κ3) is 3.35. The zero-order valence-corrected chi connectivity index (χ0v) is 12.5. The second-order valence-electron chi connectivity index (χ2n) is 6.15. The van der Waals surface area contributed by atoms with Crippen LogP contribution in [0.2, 0.25) is 0 Å². The van der Waals surface area contributed by atoms with Gasteiger partial charge in [-0.05, 0) is 32.2 Å². The minimum absolute atomic E-state index is 0.0456. The zero-order chi connectivity index (χ0) is 15.5. The van der Waals surface area contributed by atoms with E-state index in [2.05, 4.69) is 11.4 Å². The van der Waals surface area contributed by atoms with E-state index in [0.717, 1.165) is 25.7 Å². The van der Waals surface area contributed by atoms with E-state index in [1.165, 1.54) is 0 Å². The third-order valence-corrected chi connectivity index (χ3v) is 4.82. The van der Waals surface area contributed by atoms with E-state index in [4.69, 9.17) is 5.11 Å². The van der Waals surface area contributed by atoms with Gasteiger partial charge in [-0.15, -0.1) is 0 Å². The summed E-state index contributed by atoms with van der Waals surface area (Å²) in [6.45, 7) is 2.68. The van der Waals surface area contributed by atoms with E-state index in [1.54, 1.807) is 0 Å². The molecule has 2 saturated carbocycles.